The van der Waals surface area contributed by atoms with Crippen LogP contribution in [0, 0.1) is 0 Å². The summed E-state index contributed by atoms with van der Waals surface area (Å²) in [6, 6.07) is 19.4. The number of hydrogen-bond acceptors (Lipinski definition) is 7. The maximum absolute atomic E-state index is 13.2. The number of nitrogens with zero attached hydrogens (tertiary/aromatic N) is 4. The lowest BCUT2D eigenvalue weighted by Gasteiger charge is -2.09. The summed E-state index contributed by atoms with van der Waals surface area (Å²) in [7, 11) is 0. The second-order valence-electron chi connectivity index (χ2n) is 7.20. The van der Waals surface area contributed by atoms with E-state index in [9.17, 15) is 9.59 Å². The van der Waals surface area contributed by atoms with Gasteiger partial charge in [0, 0.05) is 10.6 Å². The van der Waals surface area contributed by atoms with Gasteiger partial charge in [-0.15, -0.1) is 33.3 Å². The zero-order valence-corrected chi connectivity index (χ0v) is 20.0. The van der Waals surface area contributed by atoms with Crippen LogP contribution in [0.2, 0.25) is 0 Å². The van der Waals surface area contributed by atoms with Gasteiger partial charge in [-0.1, -0.05) is 48.2 Å². The fourth-order valence-corrected chi connectivity index (χ4v) is 5.55. The summed E-state index contributed by atoms with van der Waals surface area (Å²) in [6.07, 6.45) is 2.00. The number of thioether (sulfide) groups is 2. The molecule has 3 heterocycles. The molecule has 1 amide bonds. The Hall–Kier alpha value is -3.08. The van der Waals surface area contributed by atoms with Crippen molar-refractivity contribution in [2.45, 2.75) is 16.6 Å². The predicted octanol–water partition coefficient (Wildman–Crippen LogP) is 4.61. The highest BCUT2D eigenvalue weighted by atomic mass is 32.2. The van der Waals surface area contributed by atoms with Gasteiger partial charge in [0.25, 0.3) is 5.56 Å². The SMILES string of the molecule is CSc1cccc(NC(=O)CSc2nnc3n(Cc4ccccc4)c(=O)c4sccc4n23)c1. The fraction of sp³-hybridized carbons (Fsp3) is 0.130. The molecule has 0 spiro atoms. The van der Waals surface area contributed by atoms with E-state index in [0.29, 0.717) is 22.2 Å². The highest BCUT2D eigenvalue weighted by Gasteiger charge is 2.19. The first-order valence-corrected chi connectivity index (χ1v) is 13.2. The Bertz CT molecular complexity index is 1510. The summed E-state index contributed by atoms with van der Waals surface area (Å²) in [5, 5.41) is 14.0. The summed E-state index contributed by atoms with van der Waals surface area (Å²) in [6.45, 7) is 0.395. The number of carbonyl (C=O) groups is 1. The number of aromatic nitrogens is 4. The topological polar surface area (TPSA) is 81.3 Å². The smallest absolute Gasteiger partial charge is 0.273 e. The second-order valence-corrected chi connectivity index (χ2v) is 9.94. The predicted molar refractivity (Wildman–Crippen MR) is 136 cm³/mol. The third kappa shape index (κ3) is 4.41. The van der Waals surface area contributed by atoms with Gasteiger partial charge in [-0.3, -0.25) is 18.6 Å². The lowest BCUT2D eigenvalue weighted by atomic mass is 10.2. The van der Waals surface area contributed by atoms with Gasteiger partial charge in [-0.25, -0.2) is 0 Å². The van der Waals surface area contributed by atoms with Gasteiger partial charge in [-0.05, 0) is 41.5 Å². The minimum Gasteiger partial charge on any atom is -0.325 e. The minimum absolute atomic E-state index is 0.0910. The van der Waals surface area contributed by atoms with E-state index in [1.54, 1.807) is 16.3 Å². The number of amides is 1. The van der Waals surface area contributed by atoms with Crippen LogP contribution >= 0.6 is 34.9 Å². The van der Waals surface area contributed by atoms with Gasteiger partial charge in [0.1, 0.15) is 4.70 Å². The van der Waals surface area contributed by atoms with E-state index in [2.05, 4.69) is 15.5 Å². The molecule has 0 saturated carbocycles. The van der Waals surface area contributed by atoms with Gasteiger partial charge in [-0.2, -0.15) is 0 Å². The van der Waals surface area contributed by atoms with Crippen molar-refractivity contribution in [2.75, 3.05) is 17.3 Å². The number of rotatable bonds is 7. The second kappa shape index (κ2) is 9.42. The van der Waals surface area contributed by atoms with E-state index in [4.69, 9.17) is 0 Å². The molecule has 1 N–H and O–H groups in total. The van der Waals surface area contributed by atoms with Crippen LogP contribution in [0.3, 0.4) is 0 Å². The van der Waals surface area contributed by atoms with Gasteiger partial charge < -0.3 is 5.32 Å². The van der Waals surface area contributed by atoms with E-state index in [1.807, 2.05) is 76.7 Å². The molecule has 0 aliphatic heterocycles. The Morgan fingerprint density at radius 1 is 1.09 bits per heavy atom. The Kier molecular flexibility index (Phi) is 6.21. The van der Waals surface area contributed by atoms with Crippen LogP contribution in [0.25, 0.3) is 16.0 Å². The standard InChI is InChI=1S/C23H19N5O2S3/c1-31-17-9-5-8-16(12-17)24-19(29)14-33-23-26-25-22-27(13-15-6-3-2-4-7-15)21(30)20-18(28(22)23)10-11-32-20/h2-12H,13-14H2,1H3,(H,24,29). The first-order valence-electron chi connectivity index (χ1n) is 10.1. The van der Waals surface area contributed by atoms with Crippen LogP contribution in [0.4, 0.5) is 5.69 Å². The first-order chi connectivity index (χ1) is 16.1. The zero-order valence-electron chi connectivity index (χ0n) is 17.6. The Labute approximate surface area is 201 Å². The van der Waals surface area contributed by atoms with Gasteiger partial charge in [0.2, 0.25) is 11.7 Å². The minimum atomic E-state index is -0.130. The van der Waals surface area contributed by atoms with Crippen LogP contribution in [0.1, 0.15) is 5.56 Å². The molecular weight excluding hydrogens is 474 g/mol. The number of benzene rings is 2. The number of anilines is 1. The number of fused-ring (bicyclic) bond motifs is 3. The molecule has 7 nitrogen and oxygen atoms in total. The summed E-state index contributed by atoms with van der Waals surface area (Å²) in [5.74, 6) is 0.507. The lowest BCUT2D eigenvalue weighted by molar-refractivity contribution is -0.113. The molecule has 0 unspecified atom stereocenters. The molecule has 0 fully saturated rings. The normalized spacial score (nSPS) is 11.3. The van der Waals surface area contributed by atoms with E-state index in [1.165, 1.54) is 23.1 Å². The van der Waals surface area contributed by atoms with Crippen LogP contribution in [0.5, 0.6) is 0 Å². The molecule has 5 rings (SSSR count). The van der Waals surface area contributed by atoms with Crippen LogP contribution < -0.4 is 10.9 Å². The van der Waals surface area contributed by atoms with Crippen molar-refractivity contribution in [2.24, 2.45) is 0 Å². The average Bonchev–Trinajstić information content (AvgIpc) is 3.48. The number of nitrogens with one attached hydrogen (secondary N) is 1. The largest absolute Gasteiger partial charge is 0.325 e. The van der Waals surface area contributed by atoms with E-state index in [0.717, 1.165) is 21.7 Å². The maximum Gasteiger partial charge on any atom is 0.273 e. The average molecular weight is 494 g/mol. The summed E-state index contributed by atoms with van der Waals surface area (Å²) < 4.78 is 4.14. The lowest BCUT2D eigenvalue weighted by Crippen LogP contribution is -2.23. The van der Waals surface area contributed by atoms with Crippen LogP contribution in [-0.2, 0) is 11.3 Å². The zero-order chi connectivity index (χ0) is 22.8. The van der Waals surface area contributed by atoms with E-state index in [-0.39, 0.29) is 17.2 Å². The first kappa shape index (κ1) is 21.7. The molecule has 2 aromatic carbocycles. The van der Waals surface area contributed by atoms with E-state index >= 15 is 0 Å². The number of carbonyl (C=O) groups excluding carboxylic acids is 1. The maximum atomic E-state index is 13.2. The van der Waals surface area contributed by atoms with Crippen molar-refractivity contribution < 1.29 is 4.79 Å². The molecule has 0 atom stereocenters. The Morgan fingerprint density at radius 3 is 2.76 bits per heavy atom. The van der Waals surface area contributed by atoms with Gasteiger partial charge >= 0.3 is 0 Å². The van der Waals surface area contributed by atoms with Crippen molar-refractivity contribution in [3.05, 3.63) is 82.0 Å². The highest BCUT2D eigenvalue weighted by molar-refractivity contribution is 7.99. The van der Waals surface area contributed by atoms with E-state index < -0.39 is 0 Å². The van der Waals surface area contributed by atoms with Gasteiger partial charge in [0.05, 0.1) is 17.8 Å². The van der Waals surface area contributed by atoms with Crippen molar-refractivity contribution in [3.8, 4) is 0 Å². The quantitative estimate of drug-likeness (QED) is 0.334. The van der Waals surface area contributed by atoms with Crippen LogP contribution in [0.15, 0.2) is 80.9 Å². The monoisotopic (exact) mass is 493 g/mol. The summed E-state index contributed by atoms with van der Waals surface area (Å²) in [4.78, 5) is 26.8. The molecule has 0 aliphatic carbocycles. The summed E-state index contributed by atoms with van der Waals surface area (Å²) in [5.41, 5.74) is 2.42. The molecule has 0 saturated heterocycles. The number of hydrogen-bond donors (Lipinski definition) is 1. The third-order valence-corrected chi connectivity index (χ3v) is 7.60. The third-order valence-electron chi connectivity index (χ3n) is 5.05. The van der Waals surface area contributed by atoms with Crippen molar-refractivity contribution >= 4 is 62.4 Å². The van der Waals surface area contributed by atoms with Crippen molar-refractivity contribution in [3.63, 3.8) is 0 Å². The Balaban J connectivity index is 1.44. The molecule has 166 valence electrons. The highest BCUT2D eigenvalue weighted by Crippen LogP contribution is 2.25. The summed E-state index contributed by atoms with van der Waals surface area (Å²) >= 11 is 4.31. The molecule has 0 radical (unpaired) electrons. The Morgan fingerprint density at radius 2 is 1.94 bits per heavy atom. The van der Waals surface area contributed by atoms with Crippen LogP contribution in [-0.4, -0.2) is 37.1 Å². The molecule has 3 aromatic heterocycles. The fourth-order valence-electron chi connectivity index (χ4n) is 3.53. The molecule has 10 heteroatoms. The molecule has 5 aromatic rings. The molecular formula is C23H19N5O2S3. The molecule has 33 heavy (non-hydrogen) atoms. The van der Waals surface area contributed by atoms with Crippen molar-refractivity contribution in [1.29, 1.82) is 0 Å². The molecule has 0 aliphatic rings. The van der Waals surface area contributed by atoms with Gasteiger partial charge in [0.15, 0.2) is 5.16 Å². The number of thiophene rings is 1. The van der Waals surface area contributed by atoms with Crippen molar-refractivity contribution in [1.82, 2.24) is 19.2 Å². The molecule has 0 bridgehead atoms.